The highest BCUT2D eigenvalue weighted by atomic mass is 32.2. The van der Waals surface area contributed by atoms with Crippen LogP contribution in [0.1, 0.15) is 34.1 Å². The molecule has 0 aliphatic heterocycles. The molecule has 0 atom stereocenters. The Bertz CT molecular complexity index is 255. The molecular weight excluding hydrogens is 198 g/mol. The zero-order valence-corrected chi connectivity index (χ0v) is 10.7. The van der Waals surface area contributed by atoms with E-state index in [2.05, 4.69) is 33.0 Å². The molecule has 14 heavy (non-hydrogen) atoms. The summed E-state index contributed by atoms with van der Waals surface area (Å²) >= 11 is 0. The molecule has 0 aromatic heterocycles. The normalized spacial score (nSPS) is 13.6. The Morgan fingerprint density at radius 3 is 2.14 bits per heavy atom. The molecule has 0 spiro atoms. The van der Waals surface area contributed by atoms with E-state index in [0.717, 1.165) is 6.54 Å². The lowest BCUT2D eigenvalue weighted by molar-refractivity contribution is 0.317. The van der Waals surface area contributed by atoms with Gasteiger partial charge in [0.2, 0.25) is 0 Å². The molecule has 0 unspecified atom stereocenters. The third kappa shape index (κ3) is 8.51. The predicted octanol–water partition coefficient (Wildman–Crippen LogP) is 1.45. The minimum atomic E-state index is -2.82. The molecule has 3 nitrogen and oxygen atoms in total. The molecular formula is C10H23NO2S. The predicted molar refractivity (Wildman–Crippen MR) is 61.2 cm³/mol. The van der Waals surface area contributed by atoms with Crippen LogP contribution in [0.15, 0.2) is 0 Å². The first-order valence-corrected chi connectivity index (χ1v) is 7.09. The summed E-state index contributed by atoms with van der Waals surface area (Å²) in [5.41, 5.74) is 0.0490. The van der Waals surface area contributed by atoms with Gasteiger partial charge in [0, 0.05) is 18.8 Å². The van der Waals surface area contributed by atoms with Crippen molar-refractivity contribution in [2.24, 2.45) is 5.41 Å². The highest BCUT2D eigenvalue weighted by Crippen LogP contribution is 2.19. The zero-order chi connectivity index (χ0) is 11.4. The molecule has 0 amide bonds. The van der Waals surface area contributed by atoms with Gasteiger partial charge in [0.1, 0.15) is 9.84 Å². The number of hydrogen-bond donors (Lipinski definition) is 1. The Kier molecular flexibility index (Phi) is 5.09. The van der Waals surface area contributed by atoms with Crippen LogP contribution in [-0.4, -0.2) is 33.0 Å². The van der Waals surface area contributed by atoms with Crippen LogP contribution in [0, 0.1) is 5.41 Å². The molecule has 0 radical (unpaired) electrons. The Labute approximate surface area is 88.2 Å². The van der Waals surface area contributed by atoms with Crippen LogP contribution >= 0.6 is 0 Å². The highest BCUT2D eigenvalue weighted by Gasteiger charge is 2.19. The fourth-order valence-corrected chi connectivity index (χ4v) is 1.95. The molecule has 0 aromatic carbocycles. The molecule has 0 saturated heterocycles. The lowest BCUT2D eigenvalue weighted by Gasteiger charge is -2.25. The number of sulfone groups is 1. The lowest BCUT2D eigenvalue weighted by atomic mass is 9.90. The average molecular weight is 221 g/mol. The van der Waals surface area contributed by atoms with Crippen LogP contribution < -0.4 is 5.32 Å². The molecule has 0 aromatic rings. The molecule has 4 heteroatoms. The van der Waals surface area contributed by atoms with Gasteiger partial charge in [-0.3, -0.25) is 0 Å². The summed E-state index contributed by atoms with van der Waals surface area (Å²) in [6.07, 6.45) is 2.00. The summed E-state index contributed by atoms with van der Waals surface area (Å²) in [4.78, 5) is 0. The third-order valence-corrected chi connectivity index (χ3v) is 3.08. The smallest absolute Gasteiger partial charge is 0.147 e. The summed E-state index contributed by atoms with van der Waals surface area (Å²) in [7, 11) is -2.82. The molecule has 0 fully saturated rings. The minimum absolute atomic E-state index is 0.0490. The Morgan fingerprint density at radius 2 is 1.79 bits per heavy atom. The molecule has 0 saturated carbocycles. The summed E-state index contributed by atoms with van der Waals surface area (Å²) in [5.74, 6) is 0.278. The Hall–Kier alpha value is -0.0900. The summed E-state index contributed by atoms with van der Waals surface area (Å²) in [5, 5.41) is 3.33. The SMILES string of the molecule is CC(C)NCC(C)(C)CCS(C)(=O)=O. The van der Waals surface area contributed by atoms with Crippen LogP contribution in [0.4, 0.5) is 0 Å². The summed E-state index contributed by atoms with van der Waals surface area (Å²) in [6, 6.07) is 0.451. The maximum Gasteiger partial charge on any atom is 0.147 e. The van der Waals surface area contributed by atoms with Crippen LogP contribution in [-0.2, 0) is 9.84 Å². The largest absolute Gasteiger partial charge is 0.314 e. The van der Waals surface area contributed by atoms with Crippen molar-refractivity contribution in [1.29, 1.82) is 0 Å². The second kappa shape index (κ2) is 5.12. The molecule has 0 heterocycles. The number of rotatable bonds is 6. The van der Waals surface area contributed by atoms with Gasteiger partial charge in [-0.05, 0) is 11.8 Å². The standard InChI is InChI=1S/C10H23NO2S/c1-9(2)11-8-10(3,4)6-7-14(5,12)13/h9,11H,6-8H2,1-5H3. The van der Waals surface area contributed by atoms with E-state index in [1.165, 1.54) is 6.26 Å². The second-order valence-corrected chi connectivity index (χ2v) is 7.34. The van der Waals surface area contributed by atoms with Gasteiger partial charge in [0.05, 0.1) is 5.75 Å². The lowest BCUT2D eigenvalue weighted by Crippen LogP contribution is -2.34. The molecule has 1 N–H and O–H groups in total. The van der Waals surface area contributed by atoms with Crippen molar-refractivity contribution < 1.29 is 8.42 Å². The van der Waals surface area contributed by atoms with Crippen LogP contribution in [0.2, 0.25) is 0 Å². The molecule has 0 rings (SSSR count). The fourth-order valence-electron chi connectivity index (χ4n) is 1.03. The van der Waals surface area contributed by atoms with Crippen LogP contribution in [0.5, 0.6) is 0 Å². The van der Waals surface area contributed by atoms with Crippen molar-refractivity contribution in [3.8, 4) is 0 Å². The van der Waals surface area contributed by atoms with Crippen molar-refractivity contribution in [2.75, 3.05) is 18.6 Å². The van der Waals surface area contributed by atoms with Gasteiger partial charge in [-0.25, -0.2) is 8.42 Å². The summed E-state index contributed by atoms with van der Waals surface area (Å²) < 4.78 is 22.0. The van der Waals surface area contributed by atoms with Crippen molar-refractivity contribution in [3.63, 3.8) is 0 Å². The maximum atomic E-state index is 11.0. The van der Waals surface area contributed by atoms with E-state index < -0.39 is 9.84 Å². The number of nitrogens with one attached hydrogen (secondary N) is 1. The zero-order valence-electron chi connectivity index (χ0n) is 9.92. The number of hydrogen-bond acceptors (Lipinski definition) is 3. The fraction of sp³-hybridized carbons (Fsp3) is 1.00. The molecule has 86 valence electrons. The minimum Gasteiger partial charge on any atom is -0.314 e. The van der Waals surface area contributed by atoms with Crippen molar-refractivity contribution in [2.45, 2.75) is 40.2 Å². The monoisotopic (exact) mass is 221 g/mol. The van der Waals surface area contributed by atoms with E-state index in [1.807, 2.05) is 0 Å². The van der Waals surface area contributed by atoms with Gasteiger partial charge in [0.15, 0.2) is 0 Å². The second-order valence-electron chi connectivity index (χ2n) is 5.08. The maximum absolute atomic E-state index is 11.0. The van der Waals surface area contributed by atoms with Gasteiger partial charge in [-0.1, -0.05) is 27.7 Å². The quantitative estimate of drug-likeness (QED) is 0.738. The Morgan fingerprint density at radius 1 is 1.29 bits per heavy atom. The van der Waals surface area contributed by atoms with Crippen molar-refractivity contribution >= 4 is 9.84 Å². The van der Waals surface area contributed by atoms with E-state index in [9.17, 15) is 8.42 Å². The summed E-state index contributed by atoms with van der Waals surface area (Å²) in [6.45, 7) is 9.22. The molecule has 0 aliphatic carbocycles. The van der Waals surface area contributed by atoms with Crippen molar-refractivity contribution in [3.05, 3.63) is 0 Å². The first-order valence-electron chi connectivity index (χ1n) is 5.03. The van der Waals surface area contributed by atoms with E-state index in [0.29, 0.717) is 12.5 Å². The van der Waals surface area contributed by atoms with E-state index in [-0.39, 0.29) is 11.2 Å². The molecule has 0 aliphatic rings. The van der Waals surface area contributed by atoms with Gasteiger partial charge in [-0.15, -0.1) is 0 Å². The van der Waals surface area contributed by atoms with Gasteiger partial charge in [-0.2, -0.15) is 0 Å². The van der Waals surface area contributed by atoms with Crippen LogP contribution in [0.25, 0.3) is 0 Å². The average Bonchev–Trinajstić information content (AvgIpc) is 1.97. The third-order valence-electron chi connectivity index (χ3n) is 2.14. The highest BCUT2D eigenvalue weighted by molar-refractivity contribution is 7.90. The van der Waals surface area contributed by atoms with E-state index in [4.69, 9.17) is 0 Å². The first kappa shape index (κ1) is 13.9. The topological polar surface area (TPSA) is 46.2 Å². The van der Waals surface area contributed by atoms with Gasteiger partial charge >= 0.3 is 0 Å². The van der Waals surface area contributed by atoms with E-state index >= 15 is 0 Å². The van der Waals surface area contributed by atoms with E-state index in [1.54, 1.807) is 0 Å². The first-order chi connectivity index (χ1) is 6.12. The Balaban J connectivity index is 3.95. The molecule has 0 bridgehead atoms. The van der Waals surface area contributed by atoms with Crippen molar-refractivity contribution in [1.82, 2.24) is 5.32 Å². The van der Waals surface area contributed by atoms with Gasteiger partial charge < -0.3 is 5.32 Å². The van der Waals surface area contributed by atoms with Gasteiger partial charge in [0.25, 0.3) is 0 Å². The van der Waals surface area contributed by atoms with Crippen LogP contribution in [0.3, 0.4) is 0 Å².